The minimum Gasteiger partial charge on any atom is -0.527 e. The Labute approximate surface area is 146 Å². The van der Waals surface area contributed by atoms with Crippen LogP contribution in [0.4, 0.5) is 0 Å². The van der Waals surface area contributed by atoms with E-state index >= 15 is 0 Å². The smallest absolute Gasteiger partial charge is 0.201 e. The number of ether oxygens (including phenoxy) is 2. The predicted octanol–water partition coefficient (Wildman–Crippen LogP) is 3.03. The molecular weight excluding hydrogens is 333 g/mol. The van der Waals surface area contributed by atoms with Crippen LogP contribution < -0.4 is 0 Å². The average molecular weight is 356 g/mol. The quantitative estimate of drug-likeness (QED) is 0.494. The first-order valence-electron chi connectivity index (χ1n) is 7.59. The van der Waals surface area contributed by atoms with Crippen molar-refractivity contribution in [1.82, 2.24) is 0 Å². The molecule has 0 aromatic rings. The molecule has 4 saturated heterocycles. The van der Waals surface area contributed by atoms with Gasteiger partial charge in [0.25, 0.3) is 0 Å². The number of hydrogen-bond donors (Lipinski definition) is 0. The maximum Gasteiger partial charge on any atom is 0.201 e. The Hall–Kier alpha value is 0.944. The van der Waals surface area contributed by atoms with E-state index in [4.69, 9.17) is 19.2 Å². The molecule has 20 heavy (non-hydrogen) atoms. The van der Waals surface area contributed by atoms with Crippen LogP contribution in [0.15, 0.2) is 0 Å². The first-order valence-corrected chi connectivity index (χ1v) is 7.59. The second-order valence-corrected chi connectivity index (χ2v) is 7.04. The van der Waals surface area contributed by atoms with Gasteiger partial charge in [-0.15, -0.1) is 5.92 Å². The summed E-state index contributed by atoms with van der Waals surface area (Å²) in [7, 11) is 0. The van der Waals surface area contributed by atoms with Crippen molar-refractivity contribution in [3.05, 3.63) is 6.61 Å². The van der Waals surface area contributed by atoms with Crippen LogP contribution in [0.5, 0.6) is 0 Å². The van der Waals surface area contributed by atoms with E-state index in [-0.39, 0.29) is 39.0 Å². The fourth-order valence-electron chi connectivity index (χ4n) is 4.73. The fourth-order valence-corrected chi connectivity index (χ4v) is 4.73. The van der Waals surface area contributed by atoms with Crippen molar-refractivity contribution in [2.75, 3.05) is 0 Å². The molecule has 1 aliphatic carbocycles. The second kappa shape index (κ2) is 5.24. The van der Waals surface area contributed by atoms with E-state index in [0.717, 1.165) is 12.8 Å². The molecule has 1 spiro atoms. The van der Waals surface area contributed by atoms with Gasteiger partial charge >= 0.3 is 0 Å². The summed E-state index contributed by atoms with van der Waals surface area (Å²) >= 11 is 0. The Bertz CT molecular complexity index is 392. The summed E-state index contributed by atoms with van der Waals surface area (Å²) in [6.45, 7) is 8.45. The van der Waals surface area contributed by atoms with Gasteiger partial charge in [0.15, 0.2) is 11.9 Å². The van der Waals surface area contributed by atoms with Gasteiger partial charge in [-0.25, -0.2) is 16.4 Å². The third-order valence-corrected chi connectivity index (χ3v) is 5.83. The van der Waals surface area contributed by atoms with Gasteiger partial charge in [-0.3, -0.25) is 0 Å². The monoisotopic (exact) mass is 356 g/mol. The molecule has 1 radical (unpaired) electrons. The molecule has 1 saturated carbocycles. The van der Waals surface area contributed by atoms with Crippen LogP contribution in [0.25, 0.3) is 0 Å². The molecule has 5 aliphatic rings. The molecule has 0 aromatic heterocycles. The Morgan fingerprint density at radius 2 is 1.85 bits per heavy atom. The molecule has 111 valence electrons. The van der Waals surface area contributed by atoms with E-state index in [1.807, 2.05) is 13.5 Å². The molecular formula is C15H23O4Y-. The van der Waals surface area contributed by atoms with E-state index in [2.05, 4.69) is 13.8 Å². The second-order valence-electron chi connectivity index (χ2n) is 7.04. The SMILES string of the molecule is C[C@@H]1CC[C@H]2[C@@H](C)[CH-]O[C@@H]3OC4(C)CC[C@@H]1C32OO4.[Y]. The Balaban J connectivity index is 0.00000121. The zero-order valence-corrected chi connectivity index (χ0v) is 15.3. The molecule has 5 rings (SSSR count). The summed E-state index contributed by atoms with van der Waals surface area (Å²) in [5, 5.41) is 0. The Morgan fingerprint density at radius 1 is 1.05 bits per heavy atom. The largest absolute Gasteiger partial charge is 0.527 e. The number of fused-ring (bicyclic) bond motifs is 2. The van der Waals surface area contributed by atoms with Gasteiger partial charge in [0.1, 0.15) is 0 Å². The molecule has 5 fully saturated rings. The van der Waals surface area contributed by atoms with Crippen molar-refractivity contribution in [3.63, 3.8) is 0 Å². The normalized spacial score (nSPS) is 57.5. The van der Waals surface area contributed by atoms with Gasteiger partial charge in [-0.05, 0) is 37.5 Å². The van der Waals surface area contributed by atoms with E-state index in [1.165, 1.54) is 12.8 Å². The number of rotatable bonds is 0. The summed E-state index contributed by atoms with van der Waals surface area (Å²) in [6, 6.07) is 0. The summed E-state index contributed by atoms with van der Waals surface area (Å²) in [5.41, 5.74) is -0.401. The molecule has 0 aromatic carbocycles. The van der Waals surface area contributed by atoms with Crippen molar-refractivity contribution < 1.29 is 52.0 Å². The van der Waals surface area contributed by atoms with E-state index < -0.39 is 11.4 Å². The van der Waals surface area contributed by atoms with Gasteiger partial charge in [0.2, 0.25) is 5.79 Å². The molecule has 7 atom stereocenters. The van der Waals surface area contributed by atoms with Crippen LogP contribution in [0.1, 0.15) is 46.5 Å². The van der Waals surface area contributed by atoms with Gasteiger partial charge in [-0.2, -0.15) is 0 Å². The molecule has 5 heteroatoms. The van der Waals surface area contributed by atoms with Gasteiger partial charge in [0, 0.05) is 39.1 Å². The van der Waals surface area contributed by atoms with Crippen LogP contribution in [0.3, 0.4) is 0 Å². The van der Waals surface area contributed by atoms with Crippen molar-refractivity contribution >= 4 is 0 Å². The molecule has 2 unspecified atom stereocenters. The van der Waals surface area contributed by atoms with E-state index in [9.17, 15) is 0 Å². The van der Waals surface area contributed by atoms with Gasteiger partial charge in [-0.1, -0.05) is 20.3 Å². The first-order chi connectivity index (χ1) is 9.05. The average Bonchev–Trinajstić information content (AvgIpc) is 2.61. The Morgan fingerprint density at radius 3 is 2.65 bits per heavy atom. The molecule has 0 N–H and O–H groups in total. The summed E-state index contributed by atoms with van der Waals surface area (Å²) in [6.07, 6.45) is 4.11. The van der Waals surface area contributed by atoms with Crippen molar-refractivity contribution in [2.45, 2.75) is 64.1 Å². The van der Waals surface area contributed by atoms with Crippen LogP contribution in [0, 0.1) is 30.3 Å². The summed E-state index contributed by atoms with van der Waals surface area (Å²) < 4.78 is 12.0. The molecule has 4 nitrogen and oxygen atoms in total. The Kier molecular flexibility index (Phi) is 4.15. The van der Waals surface area contributed by atoms with Gasteiger partial charge in [0.05, 0.1) is 0 Å². The first kappa shape index (κ1) is 15.8. The third kappa shape index (κ3) is 2.02. The summed E-state index contributed by atoms with van der Waals surface area (Å²) in [4.78, 5) is 11.7. The number of hydrogen-bond acceptors (Lipinski definition) is 4. The van der Waals surface area contributed by atoms with Gasteiger partial charge < -0.3 is 9.47 Å². The third-order valence-electron chi connectivity index (χ3n) is 5.83. The zero-order chi connectivity index (χ0) is 13.3. The topological polar surface area (TPSA) is 36.9 Å². The molecule has 0 amide bonds. The van der Waals surface area contributed by atoms with Crippen LogP contribution in [-0.4, -0.2) is 17.7 Å². The minimum atomic E-state index is -0.647. The molecule has 2 bridgehead atoms. The van der Waals surface area contributed by atoms with Crippen molar-refractivity contribution in [2.24, 2.45) is 23.7 Å². The maximum atomic E-state index is 6.12. The van der Waals surface area contributed by atoms with E-state index in [0.29, 0.717) is 23.7 Å². The van der Waals surface area contributed by atoms with Crippen LogP contribution in [0.2, 0.25) is 0 Å². The molecule has 4 aliphatic heterocycles. The molecule has 4 heterocycles. The fraction of sp³-hybridized carbons (Fsp3) is 0.933. The van der Waals surface area contributed by atoms with E-state index in [1.54, 1.807) is 0 Å². The van der Waals surface area contributed by atoms with Crippen molar-refractivity contribution in [3.8, 4) is 0 Å². The van der Waals surface area contributed by atoms with Crippen LogP contribution >= 0.6 is 0 Å². The van der Waals surface area contributed by atoms with Crippen LogP contribution in [-0.2, 0) is 52.0 Å². The maximum absolute atomic E-state index is 6.12. The van der Waals surface area contributed by atoms with Crippen molar-refractivity contribution in [1.29, 1.82) is 0 Å². The standard InChI is InChI=1S/C15H23O4.Y/c1-9-4-5-11-10(2)8-16-13-15(11)12(9)6-7-14(3,17-13)18-19-15;/h8-13H,4-7H2,1-3H3;/q-1;/t9-,10+,11+,12+,13-,14?,15?;/m1./s1. The zero-order valence-electron chi connectivity index (χ0n) is 12.5. The predicted molar refractivity (Wildman–Crippen MR) is 67.3 cm³/mol. The summed E-state index contributed by atoms with van der Waals surface area (Å²) in [5.74, 6) is 1.29. The minimum absolute atomic E-state index is 0.